The number of halogens is 2. The molecule has 3 aromatic rings. The molecule has 7 nitrogen and oxygen atoms in total. The second-order valence-electron chi connectivity index (χ2n) is 6.04. The van der Waals surface area contributed by atoms with Crippen LogP contribution < -0.4 is 15.7 Å². The Morgan fingerprint density at radius 2 is 1.97 bits per heavy atom. The zero-order valence-corrected chi connectivity index (χ0v) is 15.7. The van der Waals surface area contributed by atoms with Crippen LogP contribution in [0, 0.1) is 0 Å². The van der Waals surface area contributed by atoms with Gasteiger partial charge in [0.15, 0.2) is 0 Å². The summed E-state index contributed by atoms with van der Waals surface area (Å²) in [4.78, 5) is 17.3. The average Bonchev–Trinajstić information content (AvgIpc) is 2.71. The molecule has 0 aliphatic rings. The summed E-state index contributed by atoms with van der Waals surface area (Å²) in [7, 11) is 1.59. The van der Waals surface area contributed by atoms with E-state index in [1.807, 2.05) is 0 Å². The van der Waals surface area contributed by atoms with Crippen molar-refractivity contribution < 1.29 is 18.3 Å². The quantitative estimate of drug-likeness (QED) is 0.337. The first-order valence-electron chi connectivity index (χ1n) is 8.91. The second-order valence-corrected chi connectivity index (χ2v) is 6.04. The fourth-order valence-corrected chi connectivity index (χ4v) is 2.78. The van der Waals surface area contributed by atoms with E-state index in [4.69, 9.17) is 4.74 Å². The number of para-hydroxylation sites is 2. The molecule has 152 valence electrons. The van der Waals surface area contributed by atoms with Crippen LogP contribution in [-0.2, 0) is 11.3 Å². The van der Waals surface area contributed by atoms with Gasteiger partial charge in [-0.25, -0.2) is 10.4 Å². The van der Waals surface area contributed by atoms with Crippen molar-refractivity contribution in [3.05, 3.63) is 64.4 Å². The van der Waals surface area contributed by atoms with E-state index in [0.717, 1.165) is 0 Å². The number of ether oxygens (including phenoxy) is 2. The minimum Gasteiger partial charge on any atom is -0.434 e. The van der Waals surface area contributed by atoms with Crippen LogP contribution in [0.1, 0.15) is 12.0 Å². The highest BCUT2D eigenvalue weighted by Crippen LogP contribution is 2.18. The summed E-state index contributed by atoms with van der Waals surface area (Å²) in [6.07, 6.45) is 1.94. The predicted octanol–water partition coefficient (Wildman–Crippen LogP) is 3.48. The van der Waals surface area contributed by atoms with Gasteiger partial charge in [0, 0.05) is 25.8 Å². The molecular weight excluding hydrogens is 382 g/mol. The lowest BCUT2D eigenvalue weighted by atomic mass is 10.2. The minimum absolute atomic E-state index is 0.00277. The zero-order valence-electron chi connectivity index (χ0n) is 15.7. The lowest BCUT2D eigenvalue weighted by molar-refractivity contribution is -0.0499. The molecule has 0 spiro atoms. The molecule has 1 aromatic heterocycles. The summed E-state index contributed by atoms with van der Waals surface area (Å²) in [5.41, 5.74) is 3.42. The third-order valence-corrected chi connectivity index (χ3v) is 4.10. The molecule has 0 amide bonds. The smallest absolute Gasteiger partial charge is 0.387 e. The third kappa shape index (κ3) is 5.14. The van der Waals surface area contributed by atoms with Crippen molar-refractivity contribution >= 4 is 23.1 Å². The van der Waals surface area contributed by atoms with Crippen LogP contribution in [0.5, 0.6) is 5.75 Å². The maximum absolute atomic E-state index is 12.8. The first-order chi connectivity index (χ1) is 14.1. The number of methoxy groups -OCH3 is 1. The van der Waals surface area contributed by atoms with Crippen LogP contribution in [0.3, 0.4) is 0 Å². The Bertz CT molecular complexity index is 1050. The lowest BCUT2D eigenvalue weighted by Crippen LogP contribution is -2.25. The summed E-state index contributed by atoms with van der Waals surface area (Å²) in [5, 5.41) is 4.56. The predicted molar refractivity (Wildman–Crippen MR) is 107 cm³/mol. The van der Waals surface area contributed by atoms with Gasteiger partial charge in [0.25, 0.3) is 5.56 Å². The number of hydrogen-bond donors (Lipinski definition) is 1. The number of hydrazone groups is 1. The van der Waals surface area contributed by atoms with Crippen molar-refractivity contribution in [3.63, 3.8) is 0 Å². The monoisotopic (exact) mass is 402 g/mol. The van der Waals surface area contributed by atoms with Crippen LogP contribution in [0.2, 0.25) is 0 Å². The first-order valence-corrected chi connectivity index (χ1v) is 8.91. The molecule has 3 rings (SSSR count). The second kappa shape index (κ2) is 9.74. The first kappa shape index (κ1) is 20.4. The molecular formula is C20H20F2N4O3. The average molecular weight is 402 g/mol. The van der Waals surface area contributed by atoms with Gasteiger partial charge in [-0.05, 0) is 30.7 Å². The van der Waals surface area contributed by atoms with Crippen molar-refractivity contribution in [2.24, 2.45) is 5.10 Å². The third-order valence-electron chi connectivity index (χ3n) is 4.10. The fourth-order valence-electron chi connectivity index (χ4n) is 2.78. The number of fused-ring (bicyclic) bond motifs is 1. The minimum atomic E-state index is -2.94. The highest BCUT2D eigenvalue weighted by Gasteiger charge is 2.11. The van der Waals surface area contributed by atoms with E-state index in [9.17, 15) is 13.6 Å². The summed E-state index contributed by atoms with van der Waals surface area (Å²) in [5.74, 6) is 0.241. The number of nitrogens with one attached hydrogen (secondary N) is 1. The van der Waals surface area contributed by atoms with Crippen molar-refractivity contribution in [2.75, 3.05) is 19.1 Å². The van der Waals surface area contributed by atoms with Gasteiger partial charge in [0.1, 0.15) is 5.75 Å². The molecule has 0 saturated carbocycles. The van der Waals surface area contributed by atoms with Gasteiger partial charge in [-0.15, -0.1) is 0 Å². The molecule has 1 heterocycles. The van der Waals surface area contributed by atoms with Crippen LogP contribution >= 0.6 is 0 Å². The highest BCUT2D eigenvalue weighted by molar-refractivity contribution is 5.84. The summed E-state index contributed by atoms with van der Waals surface area (Å²) in [6, 6.07) is 13.3. The van der Waals surface area contributed by atoms with E-state index in [1.54, 1.807) is 49.6 Å². The van der Waals surface area contributed by atoms with E-state index in [-0.39, 0.29) is 17.3 Å². The molecule has 0 aliphatic heterocycles. The fraction of sp³-hybridized carbons (Fsp3) is 0.250. The number of nitrogens with zero attached hydrogens (tertiary/aromatic N) is 3. The number of anilines is 1. The molecule has 2 aromatic carbocycles. The topological polar surface area (TPSA) is 77.7 Å². The molecule has 0 saturated heterocycles. The van der Waals surface area contributed by atoms with Gasteiger partial charge in [-0.3, -0.25) is 9.36 Å². The molecule has 0 aliphatic carbocycles. The maximum Gasteiger partial charge on any atom is 0.387 e. The van der Waals surface area contributed by atoms with Crippen LogP contribution in [0.25, 0.3) is 10.9 Å². The number of rotatable bonds is 9. The Hall–Kier alpha value is -3.33. The largest absolute Gasteiger partial charge is 0.434 e. The van der Waals surface area contributed by atoms with Crippen molar-refractivity contribution in [3.8, 4) is 5.75 Å². The molecule has 1 N–H and O–H groups in total. The SMILES string of the molecule is COCCCn1c(N/N=C\c2ccccc2OC(F)F)nc2ccccc2c1=O. The number of alkyl halides is 2. The molecule has 29 heavy (non-hydrogen) atoms. The number of hydrogen-bond acceptors (Lipinski definition) is 6. The van der Waals surface area contributed by atoms with E-state index in [0.29, 0.717) is 36.0 Å². The van der Waals surface area contributed by atoms with E-state index in [1.165, 1.54) is 16.8 Å². The van der Waals surface area contributed by atoms with E-state index in [2.05, 4.69) is 20.2 Å². The van der Waals surface area contributed by atoms with Crippen LogP contribution in [0.15, 0.2) is 58.4 Å². The standard InChI is InChI=1S/C20H20F2N4O3/c1-28-12-6-11-26-18(27)15-8-3-4-9-16(15)24-20(26)25-23-13-14-7-2-5-10-17(14)29-19(21)22/h2-5,7-10,13,19H,6,11-12H2,1H3,(H,24,25)/b23-13-. The van der Waals surface area contributed by atoms with Crippen LogP contribution in [0.4, 0.5) is 14.7 Å². The molecule has 9 heteroatoms. The Balaban J connectivity index is 1.90. The Morgan fingerprint density at radius 1 is 1.21 bits per heavy atom. The van der Waals surface area contributed by atoms with Crippen LogP contribution in [-0.4, -0.2) is 36.1 Å². The summed E-state index contributed by atoms with van der Waals surface area (Å²) >= 11 is 0. The highest BCUT2D eigenvalue weighted by atomic mass is 19.3. The lowest BCUT2D eigenvalue weighted by Gasteiger charge is -2.12. The molecule has 0 atom stereocenters. The number of aromatic nitrogens is 2. The van der Waals surface area contributed by atoms with Gasteiger partial charge in [0.05, 0.1) is 17.1 Å². The number of benzene rings is 2. The molecule has 0 unspecified atom stereocenters. The van der Waals surface area contributed by atoms with E-state index < -0.39 is 6.61 Å². The summed E-state index contributed by atoms with van der Waals surface area (Å²) < 4.78 is 36.1. The van der Waals surface area contributed by atoms with Crippen molar-refractivity contribution in [2.45, 2.75) is 19.6 Å². The van der Waals surface area contributed by atoms with Gasteiger partial charge < -0.3 is 9.47 Å². The van der Waals surface area contributed by atoms with Gasteiger partial charge in [-0.2, -0.15) is 13.9 Å². The summed E-state index contributed by atoms with van der Waals surface area (Å²) in [6.45, 7) is -2.07. The maximum atomic E-state index is 12.8. The van der Waals surface area contributed by atoms with Gasteiger partial charge >= 0.3 is 6.61 Å². The zero-order chi connectivity index (χ0) is 20.6. The molecule has 0 bridgehead atoms. The van der Waals surface area contributed by atoms with Crippen molar-refractivity contribution in [1.29, 1.82) is 0 Å². The Labute approximate surface area is 165 Å². The van der Waals surface area contributed by atoms with Gasteiger partial charge in [0.2, 0.25) is 5.95 Å². The molecule has 0 fully saturated rings. The normalized spacial score (nSPS) is 11.4. The van der Waals surface area contributed by atoms with E-state index >= 15 is 0 Å². The molecule has 0 radical (unpaired) electrons. The Morgan fingerprint density at radius 3 is 2.76 bits per heavy atom. The Kier molecular flexibility index (Phi) is 6.85. The van der Waals surface area contributed by atoms with Gasteiger partial charge in [-0.1, -0.05) is 24.3 Å². The van der Waals surface area contributed by atoms with Crippen molar-refractivity contribution in [1.82, 2.24) is 9.55 Å².